The topological polar surface area (TPSA) is 67.6 Å². The highest BCUT2D eigenvalue weighted by atomic mass is 16.5. The van der Waals surface area contributed by atoms with Crippen LogP contribution in [0.3, 0.4) is 0 Å². The van der Waals surface area contributed by atoms with Crippen LogP contribution in [0.5, 0.6) is 5.75 Å². The Morgan fingerprint density at radius 3 is 2.54 bits per heavy atom. The number of benzene rings is 1. The zero-order chi connectivity index (χ0) is 19.3. The van der Waals surface area contributed by atoms with E-state index in [4.69, 9.17) is 4.74 Å². The van der Waals surface area contributed by atoms with Crippen LogP contribution in [-0.4, -0.2) is 33.9 Å². The highest BCUT2D eigenvalue weighted by Gasteiger charge is 2.18. The summed E-state index contributed by atoms with van der Waals surface area (Å²) in [5.41, 5.74) is 1.60. The fourth-order valence-electron chi connectivity index (χ4n) is 3.31. The number of hydrogen-bond donors (Lipinski definition) is 1. The van der Waals surface area contributed by atoms with E-state index in [1.165, 1.54) is 6.07 Å². The van der Waals surface area contributed by atoms with Crippen molar-refractivity contribution in [1.29, 1.82) is 0 Å². The fraction of sp³-hybridized carbons (Fsp3) is 0.273. The first-order chi connectivity index (χ1) is 13.7. The lowest BCUT2D eigenvalue weighted by atomic mass is 10.1. The van der Waals surface area contributed by atoms with Gasteiger partial charge in [-0.3, -0.25) is 9.36 Å². The summed E-state index contributed by atoms with van der Waals surface area (Å²) in [4.78, 5) is 19.1. The number of hydrogen-bond acceptors (Lipinski definition) is 5. The van der Waals surface area contributed by atoms with E-state index in [1.54, 1.807) is 23.0 Å². The zero-order valence-corrected chi connectivity index (χ0v) is 15.6. The van der Waals surface area contributed by atoms with Gasteiger partial charge in [0.1, 0.15) is 18.2 Å². The van der Waals surface area contributed by atoms with Crippen LogP contribution in [0.15, 0.2) is 71.8 Å². The fourth-order valence-corrected chi connectivity index (χ4v) is 3.31. The van der Waals surface area contributed by atoms with Crippen molar-refractivity contribution < 1.29 is 9.84 Å². The summed E-state index contributed by atoms with van der Waals surface area (Å²) in [6.45, 7) is 2.01. The van der Waals surface area contributed by atoms with E-state index in [0.717, 1.165) is 37.3 Å². The molecule has 0 unspecified atom stereocenters. The Kier molecular flexibility index (Phi) is 5.39. The molecule has 6 heteroatoms. The first-order valence-corrected chi connectivity index (χ1v) is 9.48. The van der Waals surface area contributed by atoms with Crippen molar-refractivity contribution >= 4 is 5.82 Å². The molecule has 3 heterocycles. The summed E-state index contributed by atoms with van der Waals surface area (Å²) in [7, 11) is 0. The van der Waals surface area contributed by atoms with E-state index < -0.39 is 0 Å². The van der Waals surface area contributed by atoms with Gasteiger partial charge in [0.15, 0.2) is 0 Å². The van der Waals surface area contributed by atoms with E-state index in [0.29, 0.717) is 18.0 Å². The SMILES string of the molecule is O=c1cc(OCc2ccccc2)ccn1-c1ccc(N2CCC(O)CC2)nc1. The molecule has 0 atom stereocenters. The Morgan fingerprint density at radius 1 is 1.07 bits per heavy atom. The molecular weight excluding hydrogens is 354 g/mol. The second-order valence-electron chi connectivity index (χ2n) is 6.94. The molecule has 0 radical (unpaired) electrons. The minimum absolute atomic E-state index is 0.166. The van der Waals surface area contributed by atoms with Gasteiger partial charge in [0.2, 0.25) is 0 Å². The molecule has 0 aliphatic carbocycles. The van der Waals surface area contributed by atoms with Gasteiger partial charge in [0.05, 0.1) is 18.0 Å². The van der Waals surface area contributed by atoms with E-state index in [-0.39, 0.29) is 11.7 Å². The Balaban J connectivity index is 1.44. The van der Waals surface area contributed by atoms with Gasteiger partial charge in [-0.05, 0) is 36.6 Å². The molecule has 28 heavy (non-hydrogen) atoms. The van der Waals surface area contributed by atoms with Crippen molar-refractivity contribution in [3.8, 4) is 11.4 Å². The Labute approximate surface area is 163 Å². The smallest absolute Gasteiger partial charge is 0.258 e. The summed E-state index contributed by atoms with van der Waals surface area (Å²) in [5.74, 6) is 1.41. The van der Waals surface area contributed by atoms with Crippen LogP contribution in [0.2, 0.25) is 0 Å². The first kappa shape index (κ1) is 18.3. The van der Waals surface area contributed by atoms with Crippen molar-refractivity contribution in [2.45, 2.75) is 25.6 Å². The lowest BCUT2D eigenvalue weighted by Crippen LogP contribution is -2.36. The van der Waals surface area contributed by atoms with E-state index in [1.807, 2.05) is 42.5 Å². The molecule has 1 aliphatic heterocycles. The number of pyridine rings is 2. The second-order valence-corrected chi connectivity index (χ2v) is 6.94. The summed E-state index contributed by atoms with van der Waals surface area (Å²) in [5, 5.41) is 9.63. The van der Waals surface area contributed by atoms with Crippen molar-refractivity contribution in [3.05, 3.63) is 82.9 Å². The Bertz CT molecular complexity index is 962. The molecule has 1 fully saturated rings. The predicted octanol–water partition coefficient (Wildman–Crippen LogP) is 2.77. The number of rotatable bonds is 5. The molecule has 0 amide bonds. The highest BCUT2D eigenvalue weighted by molar-refractivity contribution is 5.44. The lowest BCUT2D eigenvalue weighted by molar-refractivity contribution is 0.145. The van der Waals surface area contributed by atoms with Crippen LogP contribution in [0.4, 0.5) is 5.82 Å². The molecule has 2 aromatic heterocycles. The third kappa shape index (κ3) is 4.23. The summed E-state index contributed by atoms with van der Waals surface area (Å²) in [6, 6.07) is 16.9. The molecule has 0 saturated carbocycles. The minimum Gasteiger partial charge on any atom is -0.489 e. The Hall–Kier alpha value is -3.12. The van der Waals surface area contributed by atoms with Crippen molar-refractivity contribution in [1.82, 2.24) is 9.55 Å². The number of aromatic nitrogens is 2. The number of aliphatic hydroxyl groups is 1. The van der Waals surface area contributed by atoms with Crippen LogP contribution < -0.4 is 15.2 Å². The van der Waals surface area contributed by atoms with Gasteiger partial charge in [0.25, 0.3) is 5.56 Å². The average molecular weight is 377 g/mol. The third-order valence-corrected chi connectivity index (χ3v) is 4.94. The summed E-state index contributed by atoms with van der Waals surface area (Å²) < 4.78 is 7.26. The number of piperidine rings is 1. The maximum atomic E-state index is 12.5. The monoisotopic (exact) mass is 377 g/mol. The molecule has 3 aromatic rings. The zero-order valence-electron chi connectivity index (χ0n) is 15.6. The molecule has 0 bridgehead atoms. The van der Waals surface area contributed by atoms with Gasteiger partial charge in [-0.25, -0.2) is 4.98 Å². The van der Waals surface area contributed by atoms with E-state index >= 15 is 0 Å². The van der Waals surface area contributed by atoms with Crippen molar-refractivity contribution in [2.75, 3.05) is 18.0 Å². The molecule has 4 rings (SSSR count). The second kappa shape index (κ2) is 8.27. The van der Waals surface area contributed by atoms with Crippen LogP contribution in [-0.2, 0) is 6.61 Å². The number of aliphatic hydroxyl groups excluding tert-OH is 1. The normalized spacial score (nSPS) is 14.8. The molecule has 1 N–H and O–H groups in total. The van der Waals surface area contributed by atoms with E-state index in [2.05, 4.69) is 9.88 Å². The molecule has 0 spiro atoms. The highest BCUT2D eigenvalue weighted by Crippen LogP contribution is 2.19. The molecule has 144 valence electrons. The molecule has 6 nitrogen and oxygen atoms in total. The largest absolute Gasteiger partial charge is 0.489 e. The summed E-state index contributed by atoms with van der Waals surface area (Å²) in [6.07, 6.45) is 4.71. The predicted molar refractivity (Wildman–Crippen MR) is 108 cm³/mol. The average Bonchev–Trinajstić information content (AvgIpc) is 2.74. The van der Waals surface area contributed by atoms with Crippen molar-refractivity contribution in [2.24, 2.45) is 0 Å². The van der Waals surface area contributed by atoms with Gasteiger partial charge < -0.3 is 14.7 Å². The van der Waals surface area contributed by atoms with Gasteiger partial charge in [-0.1, -0.05) is 30.3 Å². The van der Waals surface area contributed by atoms with E-state index in [9.17, 15) is 9.90 Å². The van der Waals surface area contributed by atoms with Crippen LogP contribution in [0.1, 0.15) is 18.4 Å². The first-order valence-electron chi connectivity index (χ1n) is 9.48. The molecule has 1 aromatic carbocycles. The number of anilines is 1. The minimum atomic E-state index is -0.211. The maximum absolute atomic E-state index is 12.5. The van der Waals surface area contributed by atoms with Crippen LogP contribution in [0.25, 0.3) is 5.69 Å². The van der Waals surface area contributed by atoms with Crippen LogP contribution >= 0.6 is 0 Å². The Morgan fingerprint density at radius 2 is 1.86 bits per heavy atom. The van der Waals surface area contributed by atoms with Gasteiger partial charge in [-0.15, -0.1) is 0 Å². The number of ether oxygens (including phenoxy) is 1. The van der Waals surface area contributed by atoms with Crippen LogP contribution in [0, 0.1) is 0 Å². The number of nitrogens with zero attached hydrogens (tertiary/aromatic N) is 3. The summed E-state index contributed by atoms with van der Waals surface area (Å²) >= 11 is 0. The van der Waals surface area contributed by atoms with Gasteiger partial charge in [0, 0.05) is 25.4 Å². The third-order valence-electron chi connectivity index (χ3n) is 4.94. The maximum Gasteiger partial charge on any atom is 0.258 e. The standard InChI is InChI=1S/C22H23N3O3/c26-19-8-11-24(12-9-19)21-7-6-18(15-23-21)25-13-10-20(14-22(25)27)28-16-17-4-2-1-3-5-17/h1-7,10,13-15,19,26H,8-9,11-12,16H2. The molecular formula is C22H23N3O3. The molecule has 1 saturated heterocycles. The quantitative estimate of drug-likeness (QED) is 0.741. The lowest BCUT2D eigenvalue weighted by Gasteiger charge is -2.30. The van der Waals surface area contributed by atoms with Gasteiger partial charge in [-0.2, -0.15) is 0 Å². The molecule has 1 aliphatic rings. The van der Waals surface area contributed by atoms with Crippen molar-refractivity contribution in [3.63, 3.8) is 0 Å². The van der Waals surface area contributed by atoms with Gasteiger partial charge >= 0.3 is 0 Å².